The van der Waals surface area contributed by atoms with Gasteiger partial charge in [0.2, 0.25) is 15.9 Å². The Hall–Kier alpha value is -1.29. The number of hydrogen-bond acceptors (Lipinski definition) is 4. The van der Waals surface area contributed by atoms with Gasteiger partial charge in [-0.1, -0.05) is 0 Å². The maximum Gasteiger partial charge on any atom is 0.246 e. The van der Waals surface area contributed by atoms with Gasteiger partial charge in [-0.3, -0.25) is 4.79 Å². The molecular formula is C17H24ClF2N3O3S. The average molecular weight is 424 g/mol. The Bertz CT molecular complexity index is 765. The second-order valence-electron chi connectivity index (χ2n) is 6.80. The van der Waals surface area contributed by atoms with Crippen LogP contribution in [0.1, 0.15) is 25.7 Å². The maximum absolute atomic E-state index is 13.8. The number of piperidine rings is 2. The summed E-state index contributed by atoms with van der Waals surface area (Å²) in [7, 11) is -4.11. The van der Waals surface area contributed by atoms with E-state index in [2.05, 4.69) is 10.6 Å². The Morgan fingerprint density at radius 3 is 2.52 bits per heavy atom. The third-order valence-electron chi connectivity index (χ3n) is 4.98. The molecule has 2 N–H and O–H groups in total. The van der Waals surface area contributed by atoms with Crippen molar-refractivity contribution in [1.29, 1.82) is 0 Å². The quantitative estimate of drug-likeness (QED) is 0.772. The number of nitrogens with zero attached hydrogens (tertiary/aromatic N) is 1. The third-order valence-corrected chi connectivity index (χ3v) is 6.89. The first-order valence-electron chi connectivity index (χ1n) is 8.84. The van der Waals surface area contributed by atoms with Crippen LogP contribution in [0, 0.1) is 17.6 Å². The molecule has 2 fully saturated rings. The molecule has 27 heavy (non-hydrogen) atoms. The zero-order valence-electron chi connectivity index (χ0n) is 14.8. The topological polar surface area (TPSA) is 78.5 Å². The van der Waals surface area contributed by atoms with E-state index in [0.29, 0.717) is 18.9 Å². The highest BCUT2D eigenvalue weighted by Crippen LogP contribution is 2.26. The van der Waals surface area contributed by atoms with E-state index in [1.54, 1.807) is 0 Å². The lowest BCUT2D eigenvalue weighted by atomic mass is 9.96. The maximum atomic E-state index is 13.8. The fourth-order valence-electron chi connectivity index (χ4n) is 3.47. The molecule has 0 bridgehead atoms. The van der Waals surface area contributed by atoms with Gasteiger partial charge < -0.3 is 10.6 Å². The molecule has 0 aromatic heterocycles. The van der Waals surface area contributed by atoms with Crippen LogP contribution >= 0.6 is 12.4 Å². The number of amides is 1. The first kappa shape index (κ1) is 22.0. The lowest BCUT2D eigenvalue weighted by Gasteiger charge is -2.32. The van der Waals surface area contributed by atoms with Crippen LogP contribution in [0.25, 0.3) is 0 Å². The molecule has 2 heterocycles. The van der Waals surface area contributed by atoms with Gasteiger partial charge in [-0.05, 0) is 50.4 Å². The van der Waals surface area contributed by atoms with Gasteiger partial charge >= 0.3 is 0 Å². The number of carbonyl (C=O) groups excluding carboxylic acids is 1. The molecule has 0 radical (unpaired) electrons. The summed E-state index contributed by atoms with van der Waals surface area (Å²) in [6.45, 7) is 1.93. The molecule has 0 saturated carbocycles. The zero-order chi connectivity index (χ0) is 18.7. The number of nitrogens with one attached hydrogen (secondary N) is 2. The van der Waals surface area contributed by atoms with Gasteiger partial charge in [0.05, 0.1) is 0 Å². The van der Waals surface area contributed by atoms with Crippen LogP contribution in [-0.4, -0.2) is 50.9 Å². The van der Waals surface area contributed by atoms with Gasteiger partial charge in [-0.25, -0.2) is 17.2 Å². The predicted molar refractivity (Wildman–Crippen MR) is 99.1 cm³/mol. The summed E-state index contributed by atoms with van der Waals surface area (Å²) in [5.41, 5.74) is 0. The predicted octanol–water partition coefficient (Wildman–Crippen LogP) is 1.66. The molecule has 1 unspecified atom stereocenters. The van der Waals surface area contributed by atoms with Gasteiger partial charge in [0, 0.05) is 31.6 Å². The lowest BCUT2D eigenvalue weighted by Crippen LogP contribution is -2.49. The number of carbonyl (C=O) groups is 1. The SMILES string of the molecule is Cl.O=C(NC1CCCNC1)C1CCN(S(=O)(=O)c2cc(F)ccc2F)CC1. The third kappa shape index (κ3) is 5.16. The summed E-state index contributed by atoms with van der Waals surface area (Å²) in [5, 5.41) is 6.24. The molecule has 6 nitrogen and oxygen atoms in total. The average Bonchev–Trinajstić information content (AvgIpc) is 2.64. The fraction of sp³-hybridized carbons (Fsp3) is 0.588. The van der Waals surface area contributed by atoms with Gasteiger partial charge in [0.15, 0.2) is 0 Å². The number of rotatable bonds is 4. The van der Waals surface area contributed by atoms with Crippen LogP contribution in [0.15, 0.2) is 23.1 Å². The van der Waals surface area contributed by atoms with Crippen LogP contribution in [0.3, 0.4) is 0 Å². The van der Waals surface area contributed by atoms with Crippen LogP contribution in [0.5, 0.6) is 0 Å². The molecule has 2 saturated heterocycles. The number of benzene rings is 1. The molecule has 1 atom stereocenters. The molecule has 2 aliphatic rings. The molecule has 152 valence electrons. The van der Waals surface area contributed by atoms with Crippen molar-refractivity contribution in [3.8, 4) is 0 Å². The Labute approximate surface area is 164 Å². The van der Waals surface area contributed by atoms with E-state index in [1.807, 2.05) is 0 Å². The Kier molecular flexibility index (Phi) is 7.55. The van der Waals surface area contributed by atoms with Crippen molar-refractivity contribution in [2.75, 3.05) is 26.2 Å². The number of halogens is 3. The highest BCUT2D eigenvalue weighted by Gasteiger charge is 2.34. The standard InChI is InChI=1S/C17H23F2N3O3S.ClH/c18-13-3-4-15(19)16(10-13)26(24,25)22-8-5-12(6-9-22)17(23)21-14-2-1-7-20-11-14;/h3-4,10,12,14,20H,1-2,5-9,11H2,(H,21,23);1H. The molecule has 1 amide bonds. The molecular weight excluding hydrogens is 400 g/mol. The van der Waals surface area contributed by atoms with E-state index in [4.69, 9.17) is 0 Å². The van der Waals surface area contributed by atoms with E-state index < -0.39 is 26.6 Å². The minimum absolute atomic E-state index is 0. The molecule has 1 aromatic carbocycles. The molecule has 2 aliphatic heterocycles. The van der Waals surface area contributed by atoms with Gasteiger partial charge in [-0.15, -0.1) is 12.4 Å². The largest absolute Gasteiger partial charge is 0.352 e. The summed E-state index contributed by atoms with van der Waals surface area (Å²) in [6.07, 6.45) is 2.68. The number of sulfonamides is 1. The van der Waals surface area contributed by atoms with E-state index in [0.717, 1.165) is 42.4 Å². The van der Waals surface area contributed by atoms with Gasteiger partial charge in [-0.2, -0.15) is 4.31 Å². The molecule has 3 rings (SSSR count). The van der Waals surface area contributed by atoms with Crippen LogP contribution in [-0.2, 0) is 14.8 Å². The highest BCUT2D eigenvalue weighted by atomic mass is 35.5. The van der Waals surface area contributed by atoms with E-state index in [-0.39, 0.29) is 43.4 Å². The summed E-state index contributed by atoms with van der Waals surface area (Å²) in [6, 6.07) is 2.49. The second kappa shape index (κ2) is 9.27. The first-order chi connectivity index (χ1) is 12.4. The highest BCUT2D eigenvalue weighted by molar-refractivity contribution is 7.89. The monoisotopic (exact) mass is 423 g/mol. The van der Waals surface area contributed by atoms with Gasteiger partial charge in [0.25, 0.3) is 0 Å². The van der Waals surface area contributed by atoms with E-state index in [1.165, 1.54) is 0 Å². The van der Waals surface area contributed by atoms with Gasteiger partial charge in [0.1, 0.15) is 16.5 Å². The van der Waals surface area contributed by atoms with Crippen LogP contribution < -0.4 is 10.6 Å². The Balaban J connectivity index is 0.00000261. The molecule has 1 aromatic rings. The Morgan fingerprint density at radius 2 is 1.89 bits per heavy atom. The van der Waals surface area contributed by atoms with E-state index >= 15 is 0 Å². The summed E-state index contributed by atoms with van der Waals surface area (Å²) < 4.78 is 53.4. The van der Waals surface area contributed by atoms with Crippen molar-refractivity contribution in [3.63, 3.8) is 0 Å². The smallest absolute Gasteiger partial charge is 0.246 e. The van der Waals surface area contributed by atoms with Crippen molar-refractivity contribution in [1.82, 2.24) is 14.9 Å². The van der Waals surface area contributed by atoms with Crippen LogP contribution in [0.2, 0.25) is 0 Å². The lowest BCUT2D eigenvalue weighted by molar-refractivity contribution is -0.126. The molecule has 0 aliphatic carbocycles. The summed E-state index contributed by atoms with van der Waals surface area (Å²) in [5.74, 6) is -2.11. The first-order valence-corrected chi connectivity index (χ1v) is 10.3. The minimum Gasteiger partial charge on any atom is -0.352 e. The fourth-order valence-corrected chi connectivity index (χ4v) is 5.01. The normalized spacial score (nSPS) is 22.1. The Morgan fingerprint density at radius 1 is 1.19 bits per heavy atom. The molecule has 10 heteroatoms. The van der Waals surface area contributed by atoms with Crippen molar-refractivity contribution >= 4 is 28.3 Å². The van der Waals surface area contributed by atoms with Crippen LogP contribution in [0.4, 0.5) is 8.78 Å². The van der Waals surface area contributed by atoms with Crippen molar-refractivity contribution in [3.05, 3.63) is 29.8 Å². The van der Waals surface area contributed by atoms with E-state index in [9.17, 15) is 22.0 Å². The number of hydrogen-bond donors (Lipinski definition) is 2. The summed E-state index contributed by atoms with van der Waals surface area (Å²) in [4.78, 5) is 11.7. The van der Waals surface area contributed by atoms with Crippen molar-refractivity contribution in [2.24, 2.45) is 5.92 Å². The van der Waals surface area contributed by atoms with Crippen molar-refractivity contribution < 1.29 is 22.0 Å². The second-order valence-corrected chi connectivity index (χ2v) is 8.71. The summed E-state index contributed by atoms with van der Waals surface area (Å²) >= 11 is 0. The minimum atomic E-state index is -4.11. The molecule has 0 spiro atoms. The zero-order valence-corrected chi connectivity index (χ0v) is 16.4. The van der Waals surface area contributed by atoms with Crippen molar-refractivity contribution in [2.45, 2.75) is 36.6 Å².